The summed E-state index contributed by atoms with van der Waals surface area (Å²) in [5, 5.41) is 7.77. The fourth-order valence-electron chi connectivity index (χ4n) is 4.09. The van der Waals surface area contributed by atoms with Crippen molar-refractivity contribution in [3.8, 4) is 11.5 Å². The molecule has 158 valence electrons. The zero-order chi connectivity index (χ0) is 21.3. The minimum atomic E-state index is -0.225. The summed E-state index contributed by atoms with van der Waals surface area (Å²) in [4.78, 5) is 28.5. The Kier molecular flexibility index (Phi) is 5.76. The normalized spacial score (nSPS) is 18.7. The molecule has 30 heavy (non-hydrogen) atoms. The molecule has 0 radical (unpaired) electrons. The predicted molar refractivity (Wildman–Crippen MR) is 115 cm³/mol. The van der Waals surface area contributed by atoms with E-state index in [1.807, 2.05) is 41.5 Å². The fourth-order valence-corrected chi connectivity index (χ4v) is 4.94. The van der Waals surface area contributed by atoms with E-state index < -0.39 is 0 Å². The molecule has 0 saturated carbocycles. The largest absolute Gasteiger partial charge is 0.493 e. The molecule has 0 fully saturated rings. The maximum Gasteiger partial charge on any atom is 0.270 e. The number of rotatable bonds is 5. The predicted octanol–water partition coefficient (Wildman–Crippen LogP) is 3.24. The van der Waals surface area contributed by atoms with Crippen molar-refractivity contribution in [2.45, 2.75) is 32.2 Å². The summed E-state index contributed by atoms with van der Waals surface area (Å²) >= 11 is 1.62. The first-order valence-corrected chi connectivity index (χ1v) is 10.9. The Morgan fingerprint density at radius 1 is 1.20 bits per heavy atom. The molecule has 1 aromatic carbocycles. The molecule has 0 aliphatic carbocycles. The topological polar surface area (TPSA) is 71.4 Å². The molecule has 3 heterocycles. The molecule has 1 aromatic heterocycles. The zero-order valence-corrected chi connectivity index (χ0v) is 18.2. The van der Waals surface area contributed by atoms with Crippen molar-refractivity contribution in [3.05, 3.63) is 45.6 Å². The highest BCUT2D eigenvalue weighted by molar-refractivity contribution is 7.10. The Hall–Kier alpha value is -2.87. The van der Waals surface area contributed by atoms with E-state index in [1.54, 1.807) is 25.6 Å². The van der Waals surface area contributed by atoms with Crippen LogP contribution in [0.5, 0.6) is 11.5 Å². The van der Waals surface area contributed by atoms with Gasteiger partial charge >= 0.3 is 0 Å². The maximum absolute atomic E-state index is 13.5. The average molecular weight is 428 g/mol. The summed E-state index contributed by atoms with van der Waals surface area (Å²) in [6, 6.07) is 7.80. The number of hydrazone groups is 1. The fraction of sp³-hybridized carbons (Fsp3) is 0.409. The monoisotopic (exact) mass is 427 g/mol. The molecular formula is C22H25N3O4S. The van der Waals surface area contributed by atoms with E-state index in [2.05, 4.69) is 5.10 Å². The number of methoxy groups -OCH3 is 2. The van der Waals surface area contributed by atoms with E-state index in [0.29, 0.717) is 49.6 Å². The Bertz CT molecular complexity index is 987. The van der Waals surface area contributed by atoms with Crippen molar-refractivity contribution in [1.82, 2.24) is 9.91 Å². The van der Waals surface area contributed by atoms with Crippen molar-refractivity contribution in [2.24, 2.45) is 5.10 Å². The summed E-state index contributed by atoms with van der Waals surface area (Å²) in [5.74, 6) is 1.18. The molecule has 0 unspecified atom stereocenters. The Balaban J connectivity index is 1.76. The molecule has 2 aliphatic heterocycles. The third-order valence-electron chi connectivity index (χ3n) is 5.60. The van der Waals surface area contributed by atoms with Gasteiger partial charge in [-0.3, -0.25) is 9.59 Å². The molecule has 0 saturated heterocycles. The van der Waals surface area contributed by atoms with Crippen LogP contribution in [0.3, 0.4) is 0 Å². The van der Waals surface area contributed by atoms with Crippen LogP contribution in [-0.4, -0.2) is 54.7 Å². The second-order valence-electron chi connectivity index (χ2n) is 7.23. The van der Waals surface area contributed by atoms with E-state index in [1.165, 1.54) is 5.01 Å². The second kappa shape index (κ2) is 8.47. The molecular weight excluding hydrogens is 402 g/mol. The van der Waals surface area contributed by atoms with Gasteiger partial charge in [-0.25, -0.2) is 5.01 Å². The second-order valence-corrected chi connectivity index (χ2v) is 8.21. The Morgan fingerprint density at radius 3 is 2.63 bits per heavy atom. The zero-order valence-electron chi connectivity index (χ0n) is 17.4. The van der Waals surface area contributed by atoms with Gasteiger partial charge in [0, 0.05) is 30.8 Å². The molecule has 0 spiro atoms. The minimum absolute atomic E-state index is 0.0373. The number of hydrogen-bond acceptors (Lipinski definition) is 6. The summed E-state index contributed by atoms with van der Waals surface area (Å²) in [6.45, 7) is 2.90. The molecule has 0 N–H and O–H groups in total. The number of hydrogen-bond donors (Lipinski definition) is 0. The number of ether oxygens (including phenoxy) is 2. The SMILES string of the molecule is CCN1N=C(C(=O)N2CCc3cc(OC)c(OC)cc3[C@@H]2c2cccs2)CCC1=O. The van der Waals surface area contributed by atoms with Gasteiger partial charge in [0.15, 0.2) is 11.5 Å². The molecule has 7 nitrogen and oxygen atoms in total. The van der Waals surface area contributed by atoms with Gasteiger partial charge in [0.05, 0.1) is 20.3 Å². The first-order chi connectivity index (χ1) is 14.6. The van der Waals surface area contributed by atoms with Gasteiger partial charge in [0.2, 0.25) is 5.91 Å². The number of fused-ring (bicyclic) bond motifs is 1. The molecule has 2 amide bonds. The van der Waals surface area contributed by atoms with Gasteiger partial charge in [0.25, 0.3) is 5.91 Å². The van der Waals surface area contributed by atoms with Crippen molar-refractivity contribution >= 4 is 28.9 Å². The number of carbonyl (C=O) groups excluding carboxylic acids is 2. The van der Waals surface area contributed by atoms with Crippen LogP contribution in [0.1, 0.15) is 41.8 Å². The van der Waals surface area contributed by atoms with Crippen LogP contribution in [-0.2, 0) is 16.0 Å². The Morgan fingerprint density at radius 2 is 1.97 bits per heavy atom. The molecule has 4 rings (SSSR count). The summed E-state index contributed by atoms with van der Waals surface area (Å²) in [7, 11) is 3.24. The van der Waals surface area contributed by atoms with Crippen LogP contribution in [0.4, 0.5) is 0 Å². The van der Waals surface area contributed by atoms with E-state index in [9.17, 15) is 9.59 Å². The Labute approximate surface area is 179 Å². The summed E-state index contributed by atoms with van der Waals surface area (Å²) in [6.07, 6.45) is 1.41. The third-order valence-corrected chi connectivity index (χ3v) is 6.52. The number of carbonyl (C=O) groups is 2. The molecule has 8 heteroatoms. The maximum atomic E-state index is 13.5. The highest BCUT2D eigenvalue weighted by Gasteiger charge is 2.37. The lowest BCUT2D eigenvalue weighted by Gasteiger charge is -2.38. The van der Waals surface area contributed by atoms with Crippen LogP contribution in [0, 0.1) is 0 Å². The van der Waals surface area contributed by atoms with E-state index in [0.717, 1.165) is 16.0 Å². The van der Waals surface area contributed by atoms with Crippen molar-refractivity contribution < 1.29 is 19.1 Å². The van der Waals surface area contributed by atoms with Gasteiger partial charge in [-0.15, -0.1) is 11.3 Å². The summed E-state index contributed by atoms with van der Waals surface area (Å²) in [5.41, 5.74) is 2.63. The minimum Gasteiger partial charge on any atom is -0.493 e. The van der Waals surface area contributed by atoms with Crippen LogP contribution in [0.2, 0.25) is 0 Å². The number of thiophene rings is 1. The van der Waals surface area contributed by atoms with E-state index in [-0.39, 0.29) is 17.9 Å². The highest BCUT2D eigenvalue weighted by atomic mass is 32.1. The van der Waals surface area contributed by atoms with Gasteiger partial charge in [-0.05, 0) is 48.1 Å². The lowest BCUT2D eigenvalue weighted by atomic mass is 9.90. The summed E-state index contributed by atoms with van der Waals surface area (Å²) < 4.78 is 11.0. The van der Waals surface area contributed by atoms with Crippen LogP contribution in [0.25, 0.3) is 0 Å². The first kappa shape index (κ1) is 20.4. The number of nitrogens with zero attached hydrogens (tertiary/aromatic N) is 3. The number of amides is 2. The first-order valence-electron chi connectivity index (χ1n) is 10.0. The van der Waals surface area contributed by atoms with Gasteiger partial charge in [0.1, 0.15) is 5.71 Å². The molecule has 1 atom stereocenters. The van der Waals surface area contributed by atoms with Crippen LogP contribution < -0.4 is 9.47 Å². The lowest BCUT2D eigenvalue weighted by molar-refractivity contribution is -0.132. The standard InChI is InChI=1S/C22H25N3O4S/c1-4-25-20(26)8-7-16(23-25)22(27)24-10-9-14-12-17(28-2)18(29-3)13-15(14)21(24)19-6-5-11-30-19/h5-6,11-13,21H,4,7-10H2,1-3H3/t21-/m1/s1. The van der Waals surface area contributed by atoms with E-state index >= 15 is 0 Å². The molecule has 2 aromatic rings. The van der Waals surface area contributed by atoms with Crippen molar-refractivity contribution in [1.29, 1.82) is 0 Å². The lowest BCUT2D eigenvalue weighted by Crippen LogP contribution is -2.46. The third kappa shape index (κ3) is 3.56. The van der Waals surface area contributed by atoms with E-state index in [4.69, 9.17) is 9.47 Å². The van der Waals surface area contributed by atoms with Crippen molar-refractivity contribution in [3.63, 3.8) is 0 Å². The number of benzene rings is 1. The van der Waals surface area contributed by atoms with Crippen LogP contribution in [0.15, 0.2) is 34.7 Å². The molecule has 0 bridgehead atoms. The quantitative estimate of drug-likeness (QED) is 0.735. The average Bonchev–Trinajstić information content (AvgIpc) is 3.31. The van der Waals surface area contributed by atoms with Crippen LogP contribution >= 0.6 is 11.3 Å². The van der Waals surface area contributed by atoms with Crippen molar-refractivity contribution in [2.75, 3.05) is 27.3 Å². The van der Waals surface area contributed by atoms with Gasteiger partial charge < -0.3 is 14.4 Å². The van der Waals surface area contributed by atoms with Gasteiger partial charge in [-0.1, -0.05) is 6.07 Å². The van der Waals surface area contributed by atoms with Gasteiger partial charge in [-0.2, -0.15) is 5.10 Å². The highest BCUT2D eigenvalue weighted by Crippen LogP contribution is 2.42. The smallest absolute Gasteiger partial charge is 0.270 e. The molecule has 2 aliphatic rings.